The van der Waals surface area contributed by atoms with Crippen LogP contribution >= 0.6 is 0 Å². The van der Waals surface area contributed by atoms with Gasteiger partial charge in [-0.1, -0.05) is 48.5 Å². The van der Waals surface area contributed by atoms with Crippen LogP contribution in [-0.2, 0) is 0 Å². The van der Waals surface area contributed by atoms with Crippen LogP contribution in [0.2, 0.25) is 0 Å². The summed E-state index contributed by atoms with van der Waals surface area (Å²) in [5, 5.41) is 4.59. The van der Waals surface area contributed by atoms with E-state index in [-0.39, 0.29) is 21.2 Å². The SMILES string of the molecule is c1ccc2c(c1)N=C(c1ccc3c(c1)c1cc(-c4nc5ccccc5o4)ccc1n3-c1ccc(-c3cccc4c3oc3ccccc34)cc1)C[I-]2. The molecule has 0 bridgehead atoms. The van der Waals surface area contributed by atoms with Crippen molar-refractivity contribution < 1.29 is 30.0 Å². The van der Waals surface area contributed by atoms with Crippen LogP contribution in [0.15, 0.2) is 165 Å². The molecule has 0 spiro atoms. The van der Waals surface area contributed by atoms with Crippen LogP contribution in [0, 0.1) is 3.57 Å². The Bertz CT molecular complexity index is 3000. The summed E-state index contributed by atoms with van der Waals surface area (Å²) < 4.78 is 17.4. The van der Waals surface area contributed by atoms with Crippen molar-refractivity contribution in [2.45, 2.75) is 0 Å². The standard InChI is InChI=1S/C45H27IN3O2/c1-5-14-42-32(8-1)33-10-7-9-31(44(33)50-42)27-16-20-30(21-17-27)49-40-22-18-28(39-26-46-36-11-2-3-12-37(36)47-39)24-34(40)35-25-29(19-23-41(35)49)45-48-38-13-4-6-15-43(38)51-45/h1-25H,26H2/q-1. The molecular weight excluding hydrogens is 741 g/mol. The minimum atomic E-state index is -0.133. The molecule has 0 atom stereocenters. The molecule has 4 heterocycles. The van der Waals surface area contributed by atoms with E-state index in [1.54, 1.807) is 0 Å². The molecule has 242 valence electrons. The van der Waals surface area contributed by atoms with E-state index in [4.69, 9.17) is 18.8 Å². The Morgan fingerprint density at radius 2 is 1.25 bits per heavy atom. The Balaban J connectivity index is 1.08. The van der Waals surface area contributed by atoms with E-state index >= 15 is 0 Å². The van der Waals surface area contributed by atoms with Crippen molar-refractivity contribution in [1.29, 1.82) is 0 Å². The molecule has 1 aliphatic heterocycles. The Morgan fingerprint density at radius 3 is 2.12 bits per heavy atom. The summed E-state index contributed by atoms with van der Waals surface area (Å²) >= 11 is -0.133. The number of hydrogen-bond acceptors (Lipinski definition) is 4. The maximum atomic E-state index is 6.38. The number of aromatic nitrogens is 2. The van der Waals surface area contributed by atoms with Gasteiger partial charge in [-0.3, -0.25) is 0 Å². The molecule has 0 saturated heterocycles. The zero-order valence-corrected chi connectivity index (χ0v) is 29.3. The van der Waals surface area contributed by atoms with Crippen molar-refractivity contribution in [1.82, 2.24) is 9.55 Å². The summed E-state index contributed by atoms with van der Waals surface area (Å²) in [5.74, 6) is 0.622. The van der Waals surface area contributed by atoms with Crippen LogP contribution in [0.4, 0.5) is 5.69 Å². The number of fused-ring (bicyclic) bond motifs is 8. The van der Waals surface area contributed by atoms with Gasteiger partial charge in [0.15, 0.2) is 0 Å². The van der Waals surface area contributed by atoms with Crippen LogP contribution in [0.1, 0.15) is 5.56 Å². The molecule has 0 unspecified atom stereocenters. The van der Waals surface area contributed by atoms with Crippen molar-refractivity contribution in [2.75, 3.05) is 4.43 Å². The number of nitrogens with zero attached hydrogens (tertiary/aromatic N) is 3. The van der Waals surface area contributed by atoms with Gasteiger partial charge in [0.2, 0.25) is 0 Å². The first-order valence-corrected chi connectivity index (χ1v) is 19.6. The molecule has 7 aromatic carbocycles. The van der Waals surface area contributed by atoms with Gasteiger partial charge in [0.1, 0.15) is 11.2 Å². The van der Waals surface area contributed by atoms with E-state index in [9.17, 15) is 0 Å². The number of alkyl halides is 1. The molecule has 1 aliphatic rings. The Morgan fingerprint density at radius 1 is 0.549 bits per heavy atom. The van der Waals surface area contributed by atoms with Gasteiger partial charge in [0.25, 0.3) is 0 Å². The quantitative estimate of drug-likeness (QED) is 0.133. The minimum absolute atomic E-state index is 0.133. The number of hydrogen-bond donors (Lipinski definition) is 0. The third-order valence-corrected chi connectivity index (χ3v) is 12.8. The molecule has 3 aromatic heterocycles. The molecule has 0 aliphatic carbocycles. The summed E-state index contributed by atoms with van der Waals surface area (Å²) in [4.78, 5) is 9.96. The fourth-order valence-corrected chi connectivity index (χ4v) is 10.0. The van der Waals surface area contributed by atoms with Crippen molar-refractivity contribution in [3.8, 4) is 28.3 Å². The Kier molecular flexibility index (Phi) is 6.36. The summed E-state index contributed by atoms with van der Waals surface area (Å²) in [5.41, 5.74) is 13.4. The third kappa shape index (κ3) is 4.60. The first-order valence-electron chi connectivity index (χ1n) is 17.0. The predicted octanol–water partition coefficient (Wildman–Crippen LogP) is 8.55. The van der Waals surface area contributed by atoms with Crippen LogP contribution in [0.5, 0.6) is 0 Å². The first kappa shape index (κ1) is 28.8. The summed E-state index contributed by atoms with van der Waals surface area (Å²) in [6.07, 6.45) is 0. The van der Waals surface area contributed by atoms with E-state index in [0.29, 0.717) is 5.89 Å². The molecule has 6 heteroatoms. The monoisotopic (exact) mass is 768 g/mol. The van der Waals surface area contributed by atoms with Gasteiger partial charge in [-0.2, -0.15) is 0 Å². The van der Waals surface area contributed by atoms with Gasteiger partial charge in [-0.15, -0.1) is 0 Å². The Labute approximate surface area is 302 Å². The number of furan rings is 1. The summed E-state index contributed by atoms with van der Waals surface area (Å²) in [6, 6.07) is 53.3. The average Bonchev–Trinajstić information content (AvgIpc) is 3.89. The Hall–Kier alpha value is -5.99. The van der Waals surface area contributed by atoms with Crippen LogP contribution in [0.3, 0.4) is 0 Å². The van der Waals surface area contributed by atoms with Gasteiger partial charge in [0, 0.05) is 10.8 Å². The topological polar surface area (TPSA) is 56.5 Å². The van der Waals surface area contributed by atoms with Gasteiger partial charge in [0.05, 0.1) is 0 Å². The van der Waals surface area contributed by atoms with Crippen molar-refractivity contribution in [2.24, 2.45) is 4.99 Å². The first-order chi connectivity index (χ1) is 25.2. The van der Waals surface area contributed by atoms with E-state index in [1.165, 1.54) is 20.2 Å². The van der Waals surface area contributed by atoms with Gasteiger partial charge in [-0.05, 0) is 6.07 Å². The number of oxazole rings is 1. The molecule has 0 amide bonds. The fourth-order valence-electron chi connectivity index (χ4n) is 7.48. The molecule has 10 aromatic rings. The summed E-state index contributed by atoms with van der Waals surface area (Å²) in [7, 11) is 0. The van der Waals surface area contributed by atoms with Gasteiger partial charge in [-0.25, -0.2) is 0 Å². The number of benzene rings is 7. The zero-order chi connectivity index (χ0) is 33.5. The number of aliphatic imine (C=N–C) groups is 1. The van der Waals surface area contributed by atoms with Crippen molar-refractivity contribution >= 4 is 66.2 Å². The molecule has 51 heavy (non-hydrogen) atoms. The zero-order valence-electron chi connectivity index (χ0n) is 27.2. The van der Waals surface area contributed by atoms with Crippen LogP contribution in [0.25, 0.3) is 83.1 Å². The number of rotatable bonds is 4. The van der Waals surface area contributed by atoms with E-state index in [1.807, 2.05) is 36.4 Å². The van der Waals surface area contributed by atoms with Crippen LogP contribution < -0.4 is 21.2 Å². The maximum absolute atomic E-state index is 6.38. The molecule has 0 saturated carbocycles. The molecular formula is C45H27IN3O2-. The second kappa shape index (κ2) is 11.3. The molecule has 0 radical (unpaired) electrons. The predicted molar refractivity (Wildman–Crippen MR) is 203 cm³/mol. The van der Waals surface area contributed by atoms with E-state index in [2.05, 4.69) is 120 Å². The van der Waals surface area contributed by atoms with Crippen molar-refractivity contribution in [3.05, 3.63) is 161 Å². The normalized spacial score (nSPS) is 13.2. The van der Waals surface area contributed by atoms with Crippen molar-refractivity contribution in [3.63, 3.8) is 0 Å². The van der Waals surface area contributed by atoms with E-state index < -0.39 is 0 Å². The number of para-hydroxylation sites is 5. The molecule has 11 rings (SSSR count). The second-order valence-corrected chi connectivity index (χ2v) is 15.6. The summed E-state index contributed by atoms with van der Waals surface area (Å²) in [6.45, 7) is 0. The second-order valence-electron chi connectivity index (χ2n) is 12.9. The van der Waals surface area contributed by atoms with Crippen LogP contribution in [-0.4, -0.2) is 19.7 Å². The van der Waals surface area contributed by atoms with E-state index in [0.717, 1.165) is 82.0 Å². The number of halogens is 1. The molecule has 5 nitrogen and oxygen atoms in total. The third-order valence-electron chi connectivity index (χ3n) is 9.93. The van der Waals surface area contributed by atoms with Gasteiger partial charge < -0.3 is 4.42 Å². The average molecular weight is 769 g/mol. The van der Waals surface area contributed by atoms with Gasteiger partial charge >= 0.3 is 223 Å². The fraction of sp³-hybridized carbons (Fsp3) is 0.0222. The molecule has 0 N–H and O–H groups in total. The molecule has 0 fully saturated rings.